The van der Waals surface area contributed by atoms with Gasteiger partial charge in [-0.15, -0.1) is 0 Å². The van der Waals surface area contributed by atoms with Crippen molar-refractivity contribution in [3.05, 3.63) is 33.0 Å². The van der Waals surface area contributed by atoms with Crippen LogP contribution in [0.15, 0.2) is 16.6 Å². The Hall–Kier alpha value is 0.400. The van der Waals surface area contributed by atoms with Crippen LogP contribution < -0.4 is 0 Å². The number of halogens is 4. The molecule has 0 nitrogen and oxygen atoms in total. The summed E-state index contributed by atoms with van der Waals surface area (Å²) in [6, 6.07) is 3.10. The van der Waals surface area contributed by atoms with Crippen LogP contribution >= 0.6 is 43.5 Å². The van der Waals surface area contributed by atoms with Gasteiger partial charge in [-0.3, -0.25) is 0 Å². The van der Waals surface area contributed by atoms with E-state index in [-0.39, 0.29) is 10.6 Å². The van der Waals surface area contributed by atoms with E-state index in [4.69, 9.17) is 11.6 Å². The molecule has 0 aliphatic rings. The number of hydrogen-bond acceptors (Lipinski definition) is 0. The van der Waals surface area contributed by atoms with Crippen molar-refractivity contribution in [1.29, 1.82) is 0 Å². The highest BCUT2D eigenvalue weighted by Gasteiger charge is 2.22. The predicted molar refractivity (Wildman–Crippen MR) is 74.8 cm³/mol. The van der Waals surface area contributed by atoms with Crippen LogP contribution in [0.3, 0.4) is 0 Å². The van der Waals surface area contributed by atoms with Gasteiger partial charge in [0.1, 0.15) is 5.82 Å². The van der Waals surface area contributed by atoms with Gasteiger partial charge < -0.3 is 0 Å². The van der Waals surface area contributed by atoms with Gasteiger partial charge >= 0.3 is 0 Å². The lowest BCUT2D eigenvalue weighted by molar-refractivity contribution is 0.407. The highest BCUT2D eigenvalue weighted by molar-refractivity contribution is 9.10. The molecule has 0 amide bonds. The smallest absolute Gasteiger partial charge is 0.128 e. The van der Waals surface area contributed by atoms with Gasteiger partial charge in [-0.05, 0) is 39.9 Å². The highest BCUT2D eigenvalue weighted by atomic mass is 79.9. The molecular formula is C12H14Br2ClF. The fraction of sp³-hybridized carbons (Fsp3) is 0.500. The van der Waals surface area contributed by atoms with E-state index in [2.05, 4.69) is 52.6 Å². The van der Waals surface area contributed by atoms with E-state index in [0.29, 0.717) is 26.9 Å². The van der Waals surface area contributed by atoms with Crippen molar-refractivity contribution in [3.63, 3.8) is 0 Å². The minimum Gasteiger partial charge on any atom is -0.207 e. The predicted octanol–water partition coefficient (Wildman–Crippen LogP) is 5.97. The average Bonchev–Trinajstić information content (AvgIpc) is 2.21. The van der Waals surface area contributed by atoms with Gasteiger partial charge in [0, 0.05) is 14.9 Å². The summed E-state index contributed by atoms with van der Waals surface area (Å²) in [7, 11) is 0. The van der Waals surface area contributed by atoms with Crippen LogP contribution in [0, 0.1) is 17.7 Å². The summed E-state index contributed by atoms with van der Waals surface area (Å²) in [5, 5.41) is 0.539. The number of alkyl halides is 1. The number of benzene rings is 1. The molecule has 0 aliphatic carbocycles. The summed E-state index contributed by atoms with van der Waals surface area (Å²) >= 11 is 12.7. The maximum atomic E-state index is 13.8. The van der Waals surface area contributed by atoms with Gasteiger partial charge in [0.15, 0.2) is 0 Å². The molecular weight excluding hydrogens is 358 g/mol. The SMILES string of the molecule is CC(C)C(C)C(Br)c1cc(Cl)c(Br)cc1F. The first kappa shape index (κ1) is 14.5. The Morgan fingerprint density at radius 2 is 1.81 bits per heavy atom. The molecule has 2 unspecified atom stereocenters. The quantitative estimate of drug-likeness (QED) is 0.453. The summed E-state index contributed by atoms with van der Waals surface area (Å²) in [5.41, 5.74) is 0.620. The average molecular weight is 373 g/mol. The van der Waals surface area contributed by atoms with E-state index in [1.165, 1.54) is 6.07 Å². The summed E-state index contributed by atoms with van der Waals surface area (Å²) < 4.78 is 14.4. The molecule has 0 N–H and O–H groups in total. The first-order valence-electron chi connectivity index (χ1n) is 5.13. The minimum atomic E-state index is -0.231. The van der Waals surface area contributed by atoms with Crippen LogP contribution in [-0.4, -0.2) is 0 Å². The number of hydrogen-bond donors (Lipinski definition) is 0. The van der Waals surface area contributed by atoms with Crippen LogP contribution in [0.4, 0.5) is 4.39 Å². The van der Waals surface area contributed by atoms with Crippen LogP contribution in [-0.2, 0) is 0 Å². The lowest BCUT2D eigenvalue weighted by atomic mass is 9.91. The van der Waals surface area contributed by atoms with Crippen molar-refractivity contribution in [2.75, 3.05) is 0 Å². The normalized spacial score (nSPS) is 15.2. The van der Waals surface area contributed by atoms with Gasteiger partial charge in [0.2, 0.25) is 0 Å². The molecule has 0 fully saturated rings. The van der Waals surface area contributed by atoms with Crippen molar-refractivity contribution in [1.82, 2.24) is 0 Å². The maximum absolute atomic E-state index is 13.8. The van der Waals surface area contributed by atoms with Crippen molar-refractivity contribution < 1.29 is 4.39 Å². The summed E-state index contributed by atoms with van der Waals surface area (Å²) in [5.74, 6) is 0.587. The molecule has 1 rings (SSSR count). The monoisotopic (exact) mass is 370 g/mol. The first-order valence-corrected chi connectivity index (χ1v) is 7.21. The molecule has 0 radical (unpaired) electrons. The molecule has 16 heavy (non-hydrogen) atoms. The topological polar surface area (TPSA) is 0 Å². The molecule has 1 aromatic carbocycles. The third-order valence-corrected chi connectivity index (χ3v) is 5.37. The summed E-state index contributed by atoms with van der Waals surface area (Å²) in [4.78, 5) is -0.0156. The van der Waals surface area contributed by atoms with Crippen molar-refractivity contribution in [2.24, 2.45) is 11.8 Å². The van der Waals surface area contributed by atoms with E-state index >= 15 is 0 Å². The highest BCUT2D eigenvalue weighted by Crippen LogP contribution is 2.39. The Morgan fingerprint density at radius 1 is 1.25 bits per heavy atom. The molecule has 0 aliphatic heterocycles. The Labute approximate surface area is 118 Å². The molecule has 0 saturated heterocycles. The summed E-state index contributed by atoms with van der Waals surface area (Å²) in [6.07, 6.45) is 0. The molecule has 1 aromatic rings. The zero-order chi connectivity index (χ0) is 12.5. The lowest BCUT2D eigenvalue weighted by Crippen LogP contribution is -2.11. The second-order valence-electron chi connectivity index (χ2n) is 4.29. The molecule has 0 aromatic heterocycles. The van der Waals surface area contributed by atoms with Gasteiger partial charge in [0.05, 0.1) is 5.02 Å². The Kier molecular flexibility index (Phi) is 5.27. The minimum absolute atomic E-state index is 0.0156. The molecule has 2 atom stereocenters. The fourth-order valence-electron chi connectivity index (χ4n) is 1.37. The van der Waals surface area contributed by atoms with Gasteiger partial charge in [-0.1, -0.05) is 48.3 Å². The summed E-state index contributed by atoms with van der Waals surface area (Å²) in [6.45, 7) is 6.34. The van der Waals surface area contributed by atoms with Crippen LogP contribution in [0.2, 0.25) is 5.02 Å². The van der Waals surface area contributed by atoms with Crippen molar-refractivity contribution in [3.8, 4) is 0 Å². The largest absolute Gasteiger partial charge is 0.207 e. The zero-order valence-electron chi connectivity index (χ0n) is 9.40. The molecule has 90 valence electrons. The van der Waals surface area contributed by atoms with E-state index < -0.39 is 0 Å². The molecule has 0 bridgehead atoms. The lowest BCUT2D eigenvalue weighted by Gasteiger charge is -2.23. The van der Waals surface area contributed by atoms with Gasteiger partial charge in [0.25, 0.3) is 0 Å². The standard InChI is InChI=1S/C12H14Br2ClF/c1-6(2)7(3)12(14)8-4-10(15)9(13)5-11(8)16/h4-7,12H,1-3H3. The zero-order valence-corrected chi connectivity index (χ0v) is 13.3. The van der Waals surface area contributed by atoms with Gasteiger partial charge in [-0.25, -0.2) is 4.39 Å². The Morgan fingerprint density at radius 3 is 2.31 bits per heavy atom. The van der Waals surface area contributed by atoms with Crippen LogP contribution in [0.25, 0.3) is 0 Å². The van der Waals surface area contributed by atoms with Crippen LogP contribution in [0.1, 0.15) is 31.2 Å². The Bertz CT molecular complexity index is 380. The van der Waals surface area contributed by atoms with Crippen molar-refractivity contribution >= 4 is 43.5 Å². The molecule has 0 heterocycles. The van der Waals surface area contributed by atoms with E-state index in [9.17, 15) is 4.39 Å². The van der Waals surface area contributed by atoms with Crippen molar-refractivity contribution in [2.45, 2.75) is 25.6 Å². The van der Waals surface area contributed by atoms with Gasteiger partial charge in [-0.2, -0.15) is 0 Å². The van der Waals surface area contributed by atoms with E-state index in [1.807, 2.05) is 0 Å². The van der Waals surface area contributed by atoms with Crippen LogP contribution in [0.5, 0.6) is 0 Å². The molecule has 4 heteroatoms. The number of rotatable bonds is 3. The Balaban J connectivity index is 3.08. The van der Waals surface area contributed by atoms with E-state index in [1.54, 1.807) is 6.07 Å². The first-order chi connectivity index (χ1) is 7.34. The second kappa shape index (κ2) is 5.83. The second-order valence-corrected chi connectivity index (χ2v) is 6.54. The third-order valence-electron chi connectivity index (χ3n) is 2.85. The maximum Gasteiger partial charge on any atom is 0.128 e. The third kappa shape index (κ3) is 3.21. The molecule has 0 spiro atoms. The molecule has 0 saturated carbocycles. The fourth-order valence-corrected chi connectivity index (χ4v) is 2.82. The van der Waals surface area contributed by atoms with E-state index in [0.717, 1.165) is 0 Å².